The summed E-state index contributed by atoms with van der Waals surface area (Å²) in [7, 11) is -3.59. The summed E-state index contributed by atoms with van der Waals surface area (Å²) in [5.74, 6) is 0. The molecule has 1 N–H and O–H groups in total. The highest BCUT2D eigenvalue weighted by molar-refractivity contribution is 7.92. The topological polar surface area (TPSA) is 46.2 Å². The number of anilines is 1. The molecule has 0 spiro atoms. The maximum atomic E-state index is 12.5. The van der Waals surface area contributed by atoms with Crippen LogP contribution in [0.25, 0.3) is 6.08 Å². The zero-order valence-corrected chi connectivity index (χ0v) is 14.7. The second-order valence-corrected chi connectivity index (χ2v) is 7.31. The monoisotopic (exact) mass is 341 g/mol. The van der Waals surface area contributed by atoms with Crippen molar-refractivity contribution in [2.45, 2.75) is 31.1 Å². The van der Waals surface area contributed by atoms with Gasteiger partial charge in [0, 0.05) is 0 Å². The first-order valence-electron chi connectivity index (χ1n) is 7.99. The zero-order valence-electron chi connectivity index (χ0n) is 13.9. The van der Waals surface area contributed by atoms with Crippen molar-refractivity contribution < 1.29 is 8.42 Å². The Labute approximate surface area is 144 Å². The summed E-state index contributed by atoms with van der Waals surface area (Å²) in [6, 6.07) is 14.2. The molecule has 2 rings (SSSR count). The number of hydrogen-bond acceptors (Lipinski definition) is 2. The van der Waals surface area contributed by atoms with Crippen molar-refractivity contribution in [3.63, 3.8) is 0 Å². The summed E-state index contributed by atoms with van der Waals surface area (Å²) >= 11 is 0. The lowest BCUT2D eigenvalue weighted by atomic mass is 10.1. The predicted molar refractivity (Wildman–Crippen MR) is 102 cm³/mol. The zero-order chi connectivity index (χ0) is 17.4. The maximum Gasteiger partial charge on any atom is 0.261 e. The Bertz CT molecular complexity index is 806. The molecule has 0 aliphatic carbocycles. The fourth-order valence-corrected chi connectivity index (χ4v) is 3.33. The Hall–Kier alpha value is -2.33. The molecule has 3 nitrogen and oxygen atoms in total. The van der Waals surface area contributed by atoms with Crippen LogP contribution in [-0.4, -0.2) is 8.42 Å². The van der Waals surface area contributed by atoms with Gasteiger partial charge in [-0.1, -0.05) is 54.1 Å². The normalized spacial score (nSPS) is 11.5. The molecule has 0 aromatic heterocycles. The van der Waals surface area contributed by atoms with Crippen LogP contribution >= 0.6 is 0 Å². The van der Waals surface area contributed by atoms with Gasteiger partial charge in [0.25, 0.3) is 10.0 Å². The van der Waals surface area contributed by atoms with Gasteiger partial charge in [0.1, 0.15) is 0 Å². The van der Waals surface area contributed by atoms with E-state index in [4.69, 9.17) is 0 Å². The summed E-state index contributed by atoms with van der Waals surface area (Å²) in [4.78, 5) is 0.262. The van der Waals surface area contributed by atoms with Gasteiger partial charge in [0.15, 0.2) is 0 Å². The van der Waals surface area contributed by atoms with Crippen molar-refractivity contribution in [3.05, 3.63) is 78.4 Å². The smallest absolute Gasteiger partial charge is 0.261 e. The minimum absolute atomic E-state index is 0.262. The third kappa shape index (κ3) is 5.10. The molecule has 0 saturated carbocycles. The fraction of sp³-hybridized carbons (Fsp3) is 0.200. The fourth-order valence-electron chi connectivity index (χ4n) is 2.25. The summed E-state index contributed by atoms with van der Waals surface area (Å²) in [6.07, 6.45) is 8.87. The van der Waals surface area contributed by atoms with E-state index >= 15 is 0 Å². The SMILES string of the molecule is C=CCCC/C=C/c1ccccc1NS(=O)(=O)c1ccc(C)cc1. The first kappa shape index (κ1) is 18.0. The van der Waals surface area contributed by atoms with Gasteiger partial charge < -0.3 is 0 Å². The number of allylic oxidation sites excluding steroid dienone is 2. The van der Waals surface area contributed by atoms with Crippen molar-refractivity contribution >= 4 is 21.8 Å². The number of aryl methyl sites for hydroxylation is 1. The third-order valence-electron chi connectivity index (χ3n) is 3.61. The van der Waals surface area contributed by atoms with E-state index < -0.39 is 10.0 Å². The first-order chi connectivity index (χ1) is 11.5. The van der Waals surface area contributed by atoms with Crippen LogP contribution in [0.15, 0.2) is 72.2 Å². The highest BCUT2D eigenvalue weighted by atomic mass is 32.2. The lowest BCUT2D eigenvalue weighted by Gasteiger charge is -2.11. The van der Waals surface area contributed by atoms with Crippen LogP contribution in [0.2, 0.25) is 0 Å². The Morgan fingerprint density at radius 2 is 1.75 bits per heavy atom. The molecule has 2 aromatic rings. The average molecular weight is 341 g/mol. The molecule has 0 fully saturated rings. The number of nitrogens with one attached hydrogen (secondary N) is 1. The largest absolute Gasteiger partial charge is 0.279 e. The highest BCUT2D eigenvalue weighted by Crippen LogP contribution is 2.21. The Balaban J connectivity index is 2.17. The molecule has 0 radical (unpaired) electrons. The molecular weight excluding hydrogens is 318 g/mol. The van der Waals surface area contributed by atoms with Gasteiger partial charge in [-0.15, -0.1) is 6.58 Å². The highest BCUT2D eigenvalue weighted by Gasteiger charge is 2.14. The summed E-state index contributed by atoms with van der Waals surface area (Å²) in [5.41, 5.74) is 2.46. The molecule has 4 heteroatoms. The van der Waals surface area contributed by atoms with Gasteiger partial charge in [-0.05, 0) is 49.9 Å². The molecular formula is C20H23NO2S. The lowest BCUT2D eigenvalue weighted by Crippen LogP contribution is -2.13. The molecule has 0 bridgehead atoms. The van der Waals surface area contributed by atoms with Gasteiger partial charge in [-0.25, -0.2) is 8.42 Å². The molecule has 0 heterocycles. The lowest BCUT2D eigenvalue weighted by molar-refractivity contribution is 0.601. The maximum absolute atomic E-state index is 12.5. The molecule has 0 aliphatic heterocycles. The van der Waals surface area contributed by atoms with Crippen LogP contribution in [0.3, 0.4) is 0 Å². The number of benzene rings is 2. The number of sulfonamides is 1. The molecule has 2 aromatic carbocycles. The van der Waals surface area contributed by atoms with E-state index in [1.54, 1.807) is 30.3 Å². The molecule has 0 unspecified atom stereocenters. The Morgan fingerprint density at radius 3 is 2.46 bits per heavy atom. The van der Waals surface area contributed by atoms with E-state index in [2.05, 4.69) is 17.4 Å². The molecule has 0 aliphatic rings. The van der Waals surface area contributed by atoms with Crippen LogP contribution in [0.4, 0.5) is 5.69 Å². The van der Waals surface area contributed by atoms with Gasteiger partial charge in [-0.2, -0.15) is 0 Å². The van der Waals surface area contributed by atoms with E-state index in [0.29, 0.717) is 5.69 Å². The summed E-state index contributed by atoms with van der Waals surface area (Å²) < 4.78 is 27.7. The van der Waals surface area contributed by atoms with E-state index in [1.807, 2.05) is 37.3 Å². The van der Waals surface area contributed by atoms with Crippen molar-refractivity contribution in [1.82, 2.24) is 0 Å². The molecule has 0 atom stereocenters. The van der Waals surface area contributed by atoms with Gasteiger partial charge in [0.2, 0.25) is 0 Å². The summed E-state index contributed by atoms with van der Waals surface area (Å²) in [5, 5.41) is 0. The van der Waals surface area contributed by atoms with Gasteiger partial charge in [0.05, 0.1) is 10.6 Å². The van der Waals surface area contributed by atoms with Gasteiger partial charge in [-0.3, -0.25) is 4.72 Å². The number of rotatable bonds is 8. The number of para-hydroxylation sites is 1. The van der Waals surface area contributed by atoms with Crippen molar-refractivity contribution in [1.29, 1.82) is 0 Å². The van der Waals surface area contributed by atoms with Crippen molar-refractivity contribution in [3.8, 4) is 0 Å². The Morgan fingerprint density at radius 1 is 1.04 bits per heavy atom. The minimum Gasteiger partial charge on any atom is -0.279 e. The van der Waals surface area contributed by atoms with Gasteiger partial charge >= 0.3 is 0 Å². The molecule has 0 amide bonds. The standard InChI is InChI=1S/C20H23NO2S/c1-3-4-5-6-7-10-18-11-8-9-12-20(18)21-24(22,23)19-15-13-17(2)14-16-19/h3,7-16,21H,1,4-6H2,2H3/b10-7+. The predicted octanol–water partition coefficient (Wildman–Crippen LogP) is 5.17. The Kier molecular flexibility index (Phi) is 6.38. The van der Waals surface area contributed by atoms with E-state index in [-0.39, 0.29) is 4.90 Å². The number of unbranched alkanes of at least 4 members (excludes halogenated alkanes) is 2. The minimum atomic E-state index is -3.59. The van der Waals surface area contributed by atoms with Crippen LogP contribution in [-0.2, 0) is 10.0 Å². The van der Waals surface area contributed by atoms with Crippen LogP contribution in [0, 0.1) is 6.92 Å². The van der Waals surface area contributed by atoms with E-state index in [0.717, 1.165) is 30.4 Å². The second-order valence-electron chi connectivity index (χ2n) is 5.63. The third-order valence-corrected chi connectivity index (χ3v) is 4.99. The van der Waals surface area contributed by atoms with Crippen LogP contribution < -0.4 is 4.72 Å². The average Bonchev–Trinajstić information content (AvgIpc) is 2.56. The van der Waals surface area contributed by atoms with Crippen LogP contribution in [0.1, 0.15) is 30.4 Å². The second kappa shape index (κ2) is 8.50. The van der Waals surface area contributed by atoms with E-state index in [1.165, 1.54) is 0 Å². The quantitative estimate of drug-likeness (QED) is 0.532. The van der Waals surface area contributed by atoms with E-state index in [9.17, 15) is 8.42 Å². The summed E-state index contributed by atoms with van der Waals surface area (Å²) in [6.45, 7) is 5.63. The van der Waals surface area contributed by atoms with Crippen molar-refractivity contribution in [2.24, 2.45) is 0 Å². The van der Waals surface area contributed by atoms with Crippen LogP contribution in [0.5, 0.6) is 0 Å². The molecule has 126 valence electrons. The molecule has 0 saturated heterocycles. The first-order valence-corrected chi connectivity index (χ1v) is 9.47. The van der Waals surface area contributed by atoms with Crippen molar-refractivity contribution in [2.75, 3.05) is 4.72 Å². The molecule has 24 heavy (non-hydrogen) atoms. The number of hydrogen-bond donors (Lipinski definition) is 1.